The lowest BCUT2D eigenvalue weighted by molar-refractivity contribution is 0.102. The monoisotopic (exact) mass is 256 g/mol. The Kier molecular flexibility index (Phi) is 3.18. The maximum atomic E-state index is 11.8. The molecule has 1 aliphatic rings. The number of amides is 1. The third kappa shape index (κ3) is 2.59. The van der Waals surface area contributed by atoms with Crippen molar-refractivity contribution in [1.29, 1.82) is 0 Å². The maximum Gasteiger partial charge on any atom is 0.258 e. The highest BCUT2D eigenvalue weighted by molar-refractivity contribution is 6.03. The van der Waals surface area contributed by atoms with Crippen molar-refractivity contribution in [3.63, 3.8) is 0 Å². The van der Waals surface area contributed by atoms with Crippen LogP contribution in [0.3, 0.4) is 0 Å². The van der Waals surface area contributed by atoms with Crippen LogP contribution in [0.1, 0.15) is 23.2 Å². The van der Waals surface area contributed by atoms with Gasteiger partial charge in [-0.1, -0.05) is 0 Å². The van der Waals surface area contributed by atoms with Crippen LogP contribution in [0.4, 0.5) is 11.4 Å². The lowest BCUT2D eigenvalue weighted by Gasteiger charge is -2.17. The molecule has 1 aliphatic heterocycles. The Morgan fingerprint density at radius 3 is 2.58 bits per heavy atom. The van der Waals surface area contributed by atoms with Gasteiger partial charge in [-0.05, 0) is 37.1 Å². The van der Waals surface area contributed by atoms with E-state index in [2.05, 4.69) is 32.5 Å². The van der Waals surface area contributed by atoms with Gasteiger partial charge in [-0.3, -0.25) is 9.89 Å². The number of carbonyl (C=O) groups is 1. The summed E-state index contributed by atoms with van der Waals surface area (Å²) in [5, 5.41) is 9.23. The molecule has 0 aliphatic carbocycles. The summed E-state index contributed by atoms with van der Waals surface area (Å²) in [7, 11) is 0. The number of hydrogen-bond acceptors (Lipinski definition) is 3. The molecule has 1 amide bonds. The summed E-state index contributed by atoms with van der Waals surface area (Å²) < 4.78 is 0. The molecule has 1 fully saturated rings. The Hall–Kier alpha value is -2.30. The molecule has 19 heavy (non-hydrogen) atoms. The molecular formula is C14H16N4O. The minimum atomic E-state index is -0.150. The van der Waals surface area contributed by atoms with E-state index in [-0.39, 0.29) is 5.91 Å². The van der Waals surface area contributed by atoms with Gasteiger partial charge in [-0.2, -0.15) is 5.10 Å². The largest absolute Gasteiger partial charge is 0.372 e. The second-order valence-electron chi connectivity index (χ2n) is 4.68. The van der Waals surface area contributed by atoms with Crippen LogP contribution >= 0.6 is 0 Å². The summed E-state index contributed by atoms with van der Waals surface area (Å²) in [5.41, 5.74) is 2.55. The van der Waals surface area contributed by atoms with Gasteiger partial charge in [-0.15, -0.1) is 0 Å². The molecule has 98 valence electrons. The number of anilines is 2. The van der Waals surface area contributed by atoms with Crippen LogP contribution in [-0.2, 0) is 0 Å². The summed E-state index contributed by atoms with van der Waals surface area (Å²) in [6.07, 6.45) is 5.61. The summed E-state index contributed by atoms with van der Waals surface area (Å²) in [5.74, 6) is -0.150. The SMILES string of the molecule is O=C(Nc1ccc(N2CCCC2)cc1)c1cn[nH]c1. The first-order chi connectivity index (χ1) is 9.33. The minimum absolute atomic E-state index is 0.150. The first-order valence-electron chi connectivity index (χ1n) is 6.48. The number of aromatic amines is 1. The van der Waals surface area contributed by atoms with E-state index in [1.54, 1.807) is 6.20 Å². The summed E-state index contributed by atoms with van der Waals surface area (Å²) >= 11 is 0. The Morgan fingerprint density at radius 1 is 1.21 bits per heavy atom. The quantitative estimate of drug-likeness (QED) is 0.885. The fraction of sp³-hybridized carbons (Fsp3) is 0.286. The van der Waals surface area contributed by atoms with Crippen molar-refractivity contribution < 1.29 is 4.79 Å². The first kappa shape index (κ1) is 11.8. The van der Waals surface area contributed by atoms with Gasteiger partial charge in [0.25, 0.3) is 5.91 Å². The molecule has 0 radical (unpaired) electrons. The summed E-state index contributed by atoms with van der Waals surface area (Å²) in [4.78, 5) is 14.2. The van der Waals surface area contributed by atoms with Crippen molar-refractivity contribution >= 4 is 17.3 Å². The number of aromatic nitrogens is 2. The standard InChI is InChI=1S/C14H16N4O/c19-14(11-9-15-16-10-11)17-12-3-5-13(6-4-12)18-7-1-2-8-18/h3-6,9-10H,1-2,7-8H2,(H,15,16)(H,17,19). The van der Waals surface area contributed by atoms with Crippen molar-refractivity contribution in [2.45, 2.75) is 12.8 Å². The van der Waals surface area contributed by atoms with Crippen molar-refractivity contribution in [2.24, 2.45) is 0 Å². The number of nitrogens with one attached hydrogen (secondary N) is 2. The van der Waals surface area contributed by atoms with Gasteiger partial charge in [0.15, 0.2) is 0 Å². The van der Waals surface area contributed by atoms with E-state index in [9.17, 15) is 4.79 Å². The first-order valence-corrected chi connectivity index (χ1v) is 6.48. The Balaban J connectivity index is 1.67. The van der Waals surface area contributed by atoms with Crippen LogP contribution < -0.4 is 10.2 Å². The second-order valence-corrected chi connectivity index (χ2v) is 4.68. The smallest absolute Gasteiger partial charge is 0.258 e. The van der Waals surface area contributed by atoms with Gasteiger partial charge in [0.1, 0.15) is 0 Å². The Bertz CT molecular complexity index is 541. The van der Waals surface area contributed by atoms with Crippen LogP contribution in [0, 0.1) is 0 Å². The number of carbonyl (C=O) groups excluding carboxylic acids is 1. The van der Waals surface area contributed by atoms with Crippen molar-refractivity contribution in [2.75, 3.05) is 23.3 Å². The molecule has 5 nitrogen and oxygen atoms in total. The van der Waals surface area contributed by atoms with Gasteiger partial charge in [-0.25, -0.2) is 0 Å². The average molecular weight is 256 g/mol. The van der Waals surface area contributed by atoms with E-state index < -0.39 is 0 Å². The molecule has 2 N–H and O–H groups in total. The molecule has 0 bridgehead atoms. The maximum absolute atomic E-state index is 11.8. The molecule has 3 rings (SSSR count). The van der Waals surface area contributed by atoms with Crippen LogP contribution in [0.15, 0.2) is 36.7 Å². The van der Waals surface area contributed by atoms with Crippen LogP contribution in [-0.4, -0.2) is 29.2 Å². The second kappa shape index (κ2) is 5.14. The highest BCUT2D eigenvalue weighted by atomic mass is 16.1. The molecule has 1 saturated heterocycles. The normalized spacial score (nSPS) is 14.6. The fourth-order valence-electron chi connectivity index (χ4n) is 2.31. The fourth-order valence-corrected chi connectivity index (χ4v) is 2.31. The average Bonchev–Trinajstić information content (AvgIpc) is 3.13. The lowest BCUT2D eigenvalue weighted by Crippen LogP contribution is -2.17. The number of H-pyrrole nitrogens is 1. The van der Waals surface area contributed by atoms with E-state index in [0.717, 1.165) is 18.8 Å². The van der Waals surface area contributed by atoms with Crippen molar-refractivity contribution in [1.82, 2.24) is 10.2 Å². The molecule has 0 atom stereocenters. The molecular weight excluding hydrogens is 240 g/mol. The molecule has 5 heteroatoms. The van der Waals surface area contributed by atoms with Gasteiger partial charge in [0.05, 0.1) is 11.8 Å². The summed E-state index contributed by atoms with van der Waals surface area (Å²) in [6.45, 7) is 2.25. The topological polar surface area (TPSA) is 61.0 Å². The number of rotatable bonds is 3. The molecule has 2 aromatic rings. The highest BCUT2D eigenvalue weighted by Gasteiger charge is 2.12. The molecule has 0 spiro atoms. The molecule has 0 saturated carbocycles. The molecule has 2 heterocycles. The summed E-state index contributed by atoms with van der Waals surface area (Å²) in [6, 6.07) is 7.98. The van der Waals surface area contributed by atoms with Gasteiger partial charge >= 0.3 is 0 Å². The lowest BCUT2D eigenvalue weighted by atomic mass is 10.2. The van der Waals surface area contributed by atoms with Crippen molar-refractivity contribution in [3.8, 4) is 0 Å². The third-order valence-corrected chi connectivity index (χ3v) is 3.36. The Morgan fingerprint density at radius 2 is 1.95 bits per heavy atom. The third-order valence-electron chi connectivity index (χ3n) is 3.36. The van der Waals surface area contributed by atoms with Gasteiger partial charge < -0.3 is 10.2 Å². The minimum Gasteiger partial charge on any atom is -0.372 e. The zero-order valence-electron chi connectivity index (χ0n) is 10.6. The van der Waals surface area contributed by atoms with Crippen LogP contribution in [0.5, 0.6) is 0 Å². The van der Waals surface area contributed by atoms with E-state index in [0.29, 0.717) is 5.56 Å². The zero-order valence-corrected chi connectivity index (χ0v) is 10.6. The zero-order chi connectivity index (χ0) is 13.1. The number of benzene rings is 1. The highest BCUT2D eigenvalue weighted by Crippen LogP contribution is 2.22. The van der Waals surface area contributed by atoms with Gasteiger partial charge in [0.2, 0.25) is 0 Å². The van der Waals surface area contributed by atoms with E-state index in [1.807, 2.05) is 12.1 Å². The van der Waals surface area contributed by atoms with E-state index in [4.69, 9.17) is 0 Å². The van der Waals surface area contributed by atoms with Crippen molar-refractivity contribution in [3.05, 3.63) is 42.2 Å². The molecule has 0 unspecified atom stereocenters. The van der Waals surface area contributed by atoms with Gasteiger partial charge in [0, 0.05) is 30.7 Å². The van der Waals surface area contributed by atoms with E-state index in [1.165, 1.54) is 24.7 Å². The predicted octanol–water partition coefficient (Wildman–Crippen LogP) is 2.26. The van der Waals surface area contributed by atoms with Crippen LogP contribution in [0.2, 0.25) is 0 Å². The number of hydrogen-bond donors (Lipinski definition) is 2. The number of nitrogens with zero attached hydrogens (tertiary/aromatic N) is 2. The van der Waals surface area contributed by atoms with Crippen LogP contribution in [0.25, 0.3) is 0 Å². The molecule has 1 aromatic heterocycles. The molecule has 1 aromatic carbocycles. The van der Waals surface area contributed by atoms with E-state index >= 15 is 0 Å². The Labute approximate surface area is 111 Å². The predicted molar refractivity (Wildman–Crippen MR) is 74.4 cm³/mol.